The summed E-state index contributed by atoms with van der Waals surface area (Å²) < 4.78 is 10.9. The summed E-state index contributed by atoms with van der Waals surface area (Å²) in [5, 5.41) is 2.84. The van der Waals surface area contributed by atoms with Gasteiger partial charge in [0.15, 0.2) is 0 Å². The minimum absolute atomic E-state index is 0.00151. The molecule has 1 aliphatic rings. The second kappa shape index (κ2) is 7.71. The topological polar surface area (TPSA) is 73.6 Å². The fraction of sp³-hybridized carbons (Fsp3) is 0.923. The van der Waals surface area contributed by atoms with Gasteiger partial charge in [-0.05, 0) is 33.1 Å². The zero-order valence-corrected chi connectivity index (χ0v) is 11.5. The van der Waals surface area contributed by atoms with Crippen molar-refractivity contribution < 1.29 is 14.3 Å². The molecule has 1 fully saturated rings. The first-order valence-corrected chi connectivity index (χ1v) is 6.72. The van der Waals surface area contributed by atoms with Crippen LogP contribution in [0.5, 0.6) is 0 Å². The Kier molecular flexibility index (Phi) is 6.60. The third kappa shape index (κ3) is 7.63. The molecule has 0 aliphatic carbocycles. The number of carbonyl (C=O) groups excluding carboxylic acids is 1. The highest BCUT2D eigenvalue weighted by molar-refractivity contribution is 5.76. The molecule has 1 atom stereocenters. The van der Waals surface area contributed by atoms with E-state index >= 15 is 0 Å². The summed E-state index contributed by atoms with van der Waals surface area (Å²) >= 11 is 0. The maximum Gasteiger partial charge on any atom is 0.221 e. The molecule has 0 spiro atoms. The van der Waals surface area contributed by atoms with Gasteiger partial charge in [0.2, 0.25) is 5.91 Å². The van der Waals surface area contributed by atoms with E-state index in [2.05, 4.69) is 5.32 Å². The van der Waals surface area contributed by atoms with Crippen molar-refractivity contribution in [3.63, 3.8) is 0 Å². The highest BCUT2D eigenvalue weighted by Gasteiger charge is 2.16. The van der Waals surface area contributed by atoms with E-state index in [-0.39, 0.29) is 12.0 Å². The molecule has 0 radical (unpaired) electrons. The summed E-state index contributed by atoms with van der Waals surface area (Å²) in [5.74, 6) is 0.00151. The van der Waals surface area contributed by atoms with Crippen molar-refractivity contribution in [3.8, 4) is 0 Å². The molecule has 1 heterocycles. The van der Waals surface area contributed by atoms with Gasteiger partial charge in [0.1, 0.15) is 0 Å². The van der Waals surface area contributed by atoms with Crippen LogP contribution in [-0.2, 0) is 14.3 Å². The first kappa shape index (κ1) is 15.4. The van der Waals surface area contributed by atoms with E-state index in [1.807, 2.05) is 13.8 Å². The predicted octanol–water partition coefficient (Wildman–Crippen LogP) is 0.816. The SMILES string of the molecule is CC(C)(N)CC(=O)NCCCOCC1CCCO1. The van der Waals surface area contributed by atoms with E-state index in [9.17, 15) is 4.79 Å². The molecule has 1 amide bonds. The van der Waals surface area contributed by atoms with E-state index < -0.39 is 5.54 Å². The van der Waals surface area contributed by atoms with Crippen LogP contribution >= 0.6 is 0 Å². The normalized spacial score (nSPS) is 20.1. The first-order chi connectivity index (χ1) is 8.47. The van der Waals surface area contributed by atoms with Gasteiger partial charge in [0, 0.05) is 31.7 Å². The molecule has 18 heavy (non-hydrogen) atoms. The second-order valence-corrected chi connectivity index (χ2v) is 5.58. The van der Waals surface area contributed by atoms with Crippen molar-refractivity contribution in [2.45, 2.75) is 51.2 Å². The Morgan fingerprint density at radius 3 is 2.94 bits per heavy atom. The minimum atomic E-state index is -0.444. The lowest BCUT2D eigenvalue weighted by Crippen LogP contribution is -2.39. The van der Waals surface area contributed by atoms with Crippen LogP contribution in [0.3, 0.4) is 0 Å². The zero-order chi connectivity index (χ0) is 13.4. The van der Waals surface area contributed by atoms with Crippen LogP contribution < -0.4 is 11.1 Å². The van der Waals surface area contributed by atoms with Crippen LogP contribution in [-0.4, -0.2) is 43.9 Å². The maximum atomic E-state index is 11.4. The molecule has 0 saturated carbocycles. The van der Waals surface area contributed by atoms with E-state index in [1.165, 1.54) is 0 Å². The fourth-order valence-corrected chi connectivity index (χ4v) is 1.87. The zero-order valence-electron chi connectivity index (χ0n) is 11.5. The molecule has 1 aliphatic heterocycles. The molecule has 0 aromatic carbocycles. The number of nitrogens with one attached hydrogen (secondary N) is 1. The van der Waals surface area contributed by atoms with Gasteiger partial charge in [-0.25, -0.2) is 0 Å². The van der Waals surface area contributed by atoms with Crippen LogP contribution in [0.15, 0.2) is 0 Å². The molecule has 1 rings (SSSR count). The second-order valence-electron chi connectivity index (χ2n) is 5.58. The number of hydrogen-bond acceptors (Lipinski definition) is 4. The van der Waals surface area contributed by atoms with E-state index in [0.717, 1.165) is 25.9 Å². The largest absolute Gasteiger partial charge is 0.379 e. The van der Waals surface area contributed by atoms with Crippen LogP contribution in [0.1, 0.15) is 39.5 Å². The van der Waals surface area contributed by atoms with Gasteiger partial charge in [-0.3, -0.25) is 4.79 Å². The average molecular weight is 258 g/mol. The van der Waals surface area contributed by atoms with Gasteiger partial charge < -0.3 is 20.5 Å². The molecule has 5 heteroatoms. The standard InChI is InChI=1S/C13H26N2O3/c1-13(2,14)9-12(16)15-6-4-7-17-10-11-5-3-8-18-11/h11H,3-10,14H2,1-2H3,(H,15,16). The Morgan fingerprint density at radius 2 is 2.33 bits per heavy atom. The van der Waals surface area contributed by atoms with Crippen molar-refractivity contribution in [3.05, 3.63) is 0 Å². The molecule has 0 aromatic rings. The molecular weight excluding hydrogens is 232 g/mol. The van der Waals surface area contributed by atoms with E-state index in [0.29, 0.717) is 26.2 Å². The van der Waals surface area contributed by atoms with Crippen LogP contribution in [0.4, 0.5) is 0 Å². The Hall–Kier alpha value is -0.650. The molecule has 0 bridgehead atoms. The summed E-state index contributed by atoms with van der Waals surface area (Å²) in [5.41, 5.74) is 5.31. The van der Waals surface area contributed by atoms with Crippen LogP contribution in [0, 0.1) is 0 Å². The van der Waals surface area contributed by atoms with Crippen molar-refractivity contribution in [1.82, 2.24) is 5.32 Å². The number of hydrogen-bond donors (Lipinski definition) is 2. The highest BCUT2D eigenvalue weighted by atomic mass is 16.5. The lowest BCUT2D eigenvalue weighted by molar-refractivity contribution is -0.122. The quantitative estimate of drug-likeness (QED) is 0.632. The fourth-order valence-electron chi connectivity index (χ4n) is 1.87. The molecule has 0 aromatic heterocycles. The number of amides is 1. The molecule has 106 valence electrons. The van der Waals surface area contributed by atoms with Crippen LogP contribution in [0.25, 0.3) is 0 Å². The maximum absolute atomic E-state index is 11.4. The van der Waals surface area contributed by atoms with E-state index in [1.54, 1.807) is 0 Å². The van der Waals surface area contributed by atoms with Crippen molar-refractivity contribution in [2.24, 2.45) is 5.73 Å². The van der Waals surface area contributed by atoms with Gasteiger partial charge in [0.05, 0.1) is 12.7 Å². The van der Waals surface area contributed by atoms with Crippen molar-refractivity contribution >= 4 is 5.91 Å². The number of carbonyl (C=O) groups is 1. The molecule has 5 nitrogen and oxygen atoms in total. The first-order valence-electron chi connectivity index (χ1n) is 6.72. The smallest absolute Gasteiger partial charge is 0.221 e. The van der Waals surface area contributed by atoms with E-state index in [4.69, 9.17) is 15.2 Å². The summed E-state index contributed by atoms with van der Waals surface area (Å²) in [4.78, 5) is 11.4. The summed E-state index contributed by atoms with van der Waals surface area (Å²) in [7, 11) is 0. The van der Waals surface area contributed by atoms with Crippen molar-refractivity contribution in [2.75, 3.05) is 26.4 Å². The molecule has 1 unspecified atom stereocenters. The average Bonchev–Trinajstić information content (AvgIpc) is 2.73. The lowest BCUT2D eigenvalue weighted by Gasteiger charge is -2.17. The van der Waals surface area contributed by atoms with Crippen LogP contribution in [0.2, 0.25) is 0 Å². The number of rotatable bonds is 8. The molecule has 1 saturated heterocycles. The Balaban J connectivity index is 1.90. The summed E-state index contributed by atoms with van der Waals surface area (Å²) in [6.45, 7) is 6.52. The predicted molar refractivity (Wildman–Crippen MR) is 70.3 cm³/mol. The number of ether oxygens (including phenoxy) is 2. The third-order valence-corrected chi connectivity index (χ3v) is 2.73. The number of nitrogens with two attached hydrogens (primary N) is 1. The van der Waals surface area contributed by atoms with Gasteiger partial charge >= 0.3 is 0 Å². The monoisotopic (exact) mass is 258 g/mol. The molecule has 3 N–H and O–H groups in total. The third-order valence-electron chi connectivity index (χ3n) is 2.73. The highest BCUT2D eigenvalue weighted by Crippen LogP contribution is 2.11. The minimum Gasteiger partial charge on any atom is -0.379 e. The van der Waals surface area contributed by atoms with Gasteiger partial charge in [-0.15, -0.1) is 0 Å². The Morgan fingerprint density at radius 1 is 1.56 bits per heavy atom. The summed E-state index contributed by atoms with van der Waals surface area (Å²) in [6.07, 6.45) is 3.69. The molecular formula is C13H26N2O3. The van der Waals surface area contributed by atoms with Gasteiger partial charge in [0.25, 0.3) is 0 Å². The van der Waals surface area contributed by atoms with Crippen molar-refractivity contribution in [1.29, 1.82) is 0 Å². The summed E-state index contributed by atoms with van der Waals surface area (Å²) in [6, 6.07) is 0. The lowest BCUT2D eigenvalue weighted by atomic mass is 10.0. The van der Waals surface area contributed by atoms with Gasteiger partial charge in [-0.2, -0.15) is 0 Å². The Bertz CT molecular complexity index is 245. The van der Waals surface area contributed by atoms with Gasteiger partial charge in [-0.1, -0.05) is 0 Å². The Labute approximate surface area is 109 Å².